The van der Waals surface area contributed by atoms with E-state index in [1.165, 1.54) is 11.8 Å². The van der Waals surface area contributed by atoms with Gasteiger partial charge in [0.05, 0.1) is 10.8 Å². The smallest absolute Gasteiger partial charge is 0.209 e. The minimum Gasteiger partial charge on any atom is -0.294 e. The zero-order valence-corrected chi connectivity index (χ0v) is 10.0. The normalized spacial score (nSPS) is 12.1. The van der Waals surface area contributed by atoms with Gasteiger partial charge in [-0.25, -0.2) is 18.5 Å². The molecular formula is C9H11N3O2S2. The zero-order valence-electron chi connectivity index (χ0n) is 8.41. The van der Waals surface area contributed by atoms with Crippen LogP contribution in [0.25, 0.3) is 5.65 Å². The summed E-state index contributed by atoms with van der Waals surface area (Å²) in [6.45, 7) is 0. The summed E-state index contributed by atoms with van der Waals surface area (Å²) >= 11 is 1.45. The predicted molar refractivity (Wildman–Crippen MR) is 63.9 cm³/mol. The number of thioether (sulfide) groups is 1. The zero-order chi connectivity index (χ0) is 11.6. The summed E-state index contributed by atoms with van der Waals surface area (Å²) in [5, 5.41) is 5.89. The van der Waals surface area contributed by atoms with Crippen molar-refractivity contribution >= 4 is 27.4 Å². The minimum absolute atomic E-state index is 0.0250. The number of hydrogen-bond donors (Lipinski definition) is 1. The molecule has 0 aliphatic rings. The average Bonchev–Trinajstić information content (AvgIpc) is 2.64. The second kappa shape index (κ2) is 4.44. The fraction of sp³-hybridized carbons (Fsp3) is 0.222. The maximum atomic E-state index is 10.8. The molecule has 5 nitrogen and oxygen atoms in total. The molecule has 0 bridgehead atoms. The maximum Gasteiger partial charge on any atom is 0.209 e. The molecule has 2 N–H and O–H groups in total. The van der Waals surface area contributed by atoms with Crippen molar-refractivity contribution in [1.82, 2.24) is 9.38 Å². The standard InChI is InChI=1S/C9H11N3O2S2/c10-16(13,14)7-6-15-9-3-1-2-8-11-4-5-12(8)9/h1-5H,6-7H2,(H2,10,13,14). The molecule has 0 radical (unpaired) electrons. The van der Waals surface area contributed by atoms with E-state index in [-0.39, 0.29) is 5.75 Å². The number of primary sulfonamides is 1. The average molecular weight is 257 g/mol. The molecule has 0 spiro atoms. The highest BCUT2D eigenvalue weighted by molar-refractivity contribution is 8.00. The van der Waals surface area contributed by atoms with Gasteiger partial charge in [-0.1, -0.05) is 6.07 Å². The lowest BCUT2D eigenvalue weighted by atomic mass is 10.5. The first kappa shape index (κ1) is 11.4. The first-order valence-corrected chi connectivity index (χ1v) is 7.32. The van der Waals surface area contributed by atoms with Gasteiger partial charge >= 0.3 is 0 Å². The van der Waals surface area contributed by atoms with Gasteiger partial charge in [-0.2, -0.15) is 0 Å². The van der Waals surface area contributed by atoms with Crippen LogP contribution in [-0.2, 0) is 10.0 Å². The number of sulfonamides is 1. The molecule has 0 saturated heterocycles. The molecule has 0 amide bonds. The molecule has 2 aromatic rings. The van der Waals surface area contributed by atoms with Crippen LogP contribution in [0.4, 0.5) is 0 Å². The third-order valence-corrected chi connectivity index (χ3v) is 4.08. The fourth-order valence-corrected chi connectivity index (χ4v) is 3.24. The summed E-state index contributed by atoms with van der Waals surface area (Å²) in [7, 11) is -3.38. The highest BCUT2D eigenvalue weighted by atomic mass is 32.2. The molecular weight excluding hydrogens is 246 g/mol. The van der Waals surface area contributed by atoms with Gasteiger partial charge in [0.2, 0.25) is 10.0 Å². The Kier molecular flexibility index (Phi) is 3.17. The molecule has 0 atom stereocenters. The Balaban J connectivity index is 2.12. The summed E-state index contributed by atoms with van der Waals surface area (Å²) in [5.41, 5.74) is 0.848. The summed E-state index contributed by atoms with van der Waals surface area (Å²) in [5.74, 6) is 0.416. The SMILES string of the molecule is NS(=O)(=O)CCSc1cccc2nccn12. The monoisotopic (exact) mass is 257 g/mol. The third-order valence-electron chi connectivity index (χ3n) is 2.01. The molecule has 0 unspecified atom stereocenters. The van der Waals surface area contributed by atoms with Gasteiger partial charge in [-0.05, 0) is 12.1 Å². The molecule has 0 fully saturated rings. The number of fused-ring (bicyclic) bond motifs is 1. The number of nitrogens with zero attached hydrogens (tertiary/aromatic N) is 2. The van der Waals surface area contributed by atoms with Crippen molar-refractivity contribution < 1.29 is 8.42 Å². The van der Waals surface area contributed by atoms with E-state index in [1.54, 1.807) is 6.20 Å². The lowest BCUT2D eigenvalue weighted by molar-refractivity contribution is 0.599. The Morgan fingerprint density at radius 1 is 1.44 bits per heavy atom. The number of imidazole rings is 1. The molecule has 16 heavy (non-hydrogen) atoms. The second-order valence-corrected chi connectivity index (χ2v) is 6.08. The van der Waals surface area contributed by atoms with E-state index >= 15 is 0 Å². The Hall–Kier alpha value is -1.05. The van der Waals surface area contributed by atoms with Gasteiger partial charge < -0.3 is 0 Å². The van der Waals surface area contributed by atoms with Gasteiger partial charge in [0.25, 0.3) is 0 Å². The van der Waals surface area contributed by atoms with Gasteiger partial charge in [0.15, 0.2) is 0 Å². The molecule has 7 heteroatoms. The van der Waals surface area contributed by atoms with Crippen molar-refractivity contribution in [2.45, 2.75) is 5.03 Å². The van der Waals surface area contributed by atoms with E-state index in [0.29, 0.717) is 5.75 Å². The number of aromatic nitrogens is 2. The van der Waals surface area contributed by atoms with E-state index in [4.69, 9.17) is 5.14 Å². The van der Waals surface area contributed by atoms with Crippen molar-refractivity contribution in [2.24, 2.45) is 5.14 Å². The van der Waals surface area contributed by atoms with Gasteiger partial charge in [-0.15, -0.1) is 11.8 Å². The molecule has 0 aromatic carbocycles. The Morgan fingerprint density at radius 2 is 2.25 bits per heavy atom. The lowest BCUT2D eigenvalue weighted by Gasteiger charge is -2.03. The van der Waals surface area contributed by atoms with Crippen LogP contribution in [0.2, 0.25) is 0 Å². The molecule has 2 aromatic heterocycles. The number of nitrogens with two attached hydrogens (primary N) is 1. The van der Waals surface area contributed by atoms with E-state index in [1.807, 2.05) is 28.8 Å². The Bertz CT molecular complexity index is 592. The van der Waals surface area contributed by atoms with E-state index < -0.39 is 10.0 Å². The summed E-state index contributed by atoms with van der Waals surface area (Å²) in [4.78, 5) is 4.14. The first-order chi connectivity index (χ1) is 7.56. The van der Waals surface area contributed by atoms with Crippen LogP contribution >= 0.6 is 11.8 Å². The number of pyridine rings is 1. The largest absolute Gasteiger partial charge is 0.294 e. The van der Waals surface area contributed by atoms with E-state index in [2.05, 4.69) is 4.98 Å². The van der Waals surface area contributed by atoms with Crippen molar-refractivity contribution in [3.8, 4) is 0 Å². The molecule has 86 valence electrons. The molecule has 0 aliphatic heterocycles. The fourth-order valence-electron chi connectivity index (χ4n) is 1.30. The molecule has 2 rings (SSSR count). The highest BCUT2D eigenvalue weighted by Gasteiger charge is 2.05. The van der Waals surface area contributed by atoms with Crippen LogP contribution in [0.1, 0.15) is 0 Å². The van der Waals surface area contributed by atoms with Gasteiger partial charge in [-0.3, -0.25) is 4.40 Å². The Labute approximate surface area is 97.7 Å². The lowest BCUT2D eigenvalue weighted by Crippen LogP contribution is -2.17. The quantitative estimate of drug-likeness (QED) is 0.818. The summed E-state index contributed by atoms with van der Waals surface area (Å²) in [6, 6.07) is 5.70. The summed E-state index contributed by atoms with van der Waals surface area (Å²) < 4.78 is 23.5. The molecule has 0 saturated carbocycles. The highest BCUT2D eigenvalue weighted by Crippen LogP contribution is 2.18. The van der Waals surface area contributed by atoms with E-state index in [9.17, 15) is 8.42 Å². The third kappa shape index (κ3) is 2.75. The van der Waals surface area contributed by atoms with Crippen molar-refractivity contribution in [3.63, 3.8) is 0 Å². The van der Waals surface area contributed by atoms with Crippen LogP contribution in [0.5, 0.6) is 0 Å². The molecule has 0 aliphatic carbocycles. The van der Waals surface area contributed by atoms with E-state index in [0.717, 1.165) is 10.7 Å². The van der Waals surface area contributed by atoms with Crippen molar-refractivity contribution in [1.29, 1.82) is 0 Å². The van der Waals surface area contributed by atoms with Gasteiger partial charge in [0, 0.05) is 18.1 Å². The second-order valence-electron chi connectivity index (χ2n) is 3.23. The first-order valence-electron chi connectivity index (χ1n) is 4.62. The van der Waals surface area contributed by atoms with Crippen LogP contribution in [0, 0.1) is 0 Å². The van der Waals surface area contributed by atoms with Crippen molar-refractivity contribution in [3.05, 3.63) is 30.6 Å². The minimum atomic E-state index is -3.38. The van der Waals surface area contributed by atoms with Crippen LogP contribution in [0.3, 0.4) is 0 Å². The maximum absolute atomic E-state index is 10.8. The summed E-state index contributed by atoms with van der Waals surface area (Å²) in [6.07, 6.45) is 3.55. The van der Waals surface area contributed by atoms with Crippen LogP contribution in [-0.4, -0.2) is 29.3 Å². The van der Waals surface area contributed by atoms with Crippen LogP contribution < -0.4 is 5.14 Å². The topological polar surface area (TPSA) is 77.5 Å². The van der Waals surface area contributed by atoms with Crippen molar-refractivity contribution in [2.75, 3.05) is 11.5 Å². The molecule has 2 heterocycles. The van der Waals surface area contributed by atoms with Gasteiger partial charge in [0.1, 0.15) is 5.65 Å². The predicted octanol–water partition coefficient (Wildman–Crippen LogP) is 0.715. The Morgan fingerprint density at radius 3 is 3.00 bits per heavy atom. The van der Waals surface area contributed by atoms with Crippen LogP contribution in [0.15, 0.2) is 35.6 Å². The number of hydrogen-bond acceptors (Lipinski definition) is 4. The number of rotatable bonds is 4.